The molecule has 0 saturated heterocycles. The van der Waals surface area contributed by atoms with Gasteiger partial charge < -0.3 is 5.32 Å². The molecular weight excluding hydrogens is 339 g/mol. The van der Waals surface area contributed by atoms with Crippen LogP contribution in [0, 0.1) is 5.82 Å². The zero-order valence-corrected chi connectivity index (χ0v) is 13.7. The van der Waals surface area contributed by atoms with Crippen LogP contribution in [0.3, 0.4) is 0 Å². The van der Waals surface area contributed by atoms with Crippen molar-refractivity contribution < 1.29 is 4.39 Å². The van der Waals surface area contributed by atoms with E-state index < -0.39 is 0 Å². The lowest BCUT2D eigenvalue weighted by Crippen LogP contribution is -2.24. The van der Waals surface area contributed by atoms with Crippen LogP contribution in [0.15, 0.2) is 22.7 Å². The van der Waals surface area contributed by atoms with Crippen molar-refractivity contribution >= 4 is 27.3 Å². The summed E-state index contributed by atoms with van der Waals surface area (Å²) in [5.74, 6) is -0.231. The fourth-order valence-corrected chi connectivity index (χ4v) is 4.28. The Bertz CT molecular complexity index is 606. The Hall–Kier alpha value is -0.780. The molecule has 0 fully saturated rings. The average molecular weight is 355 g/mol. The summed E-state index contributed by atoms with van der Waals surface area (Å²) in [7, 11) is 0. The van der Waals surface area contributed by atoms with Gasteiger partial charge in [0.05, 0.1) is 11.7 Å². The number of fused-ring (bicyclic) bond motifs is 1. The van der Waals surface area contributed by atoms with E-state index in [1.54, 1.807) is 17.4 Å². The molecule has 0 amide bonds. The number of nitrogens with zero attached hydrogens (tertiary/aromatic N) is 1. The Kier molecular flexibility index (Phi) is 4.19. The molecule has 1 aromatic carbocycles. The molecule has 1 aliphatic carbocycles. The number of nitrogens with one attached hydrogen (secondary N) is 1. The average Bonchev–Trinajstić information content (AvgIpc) is 2.83. The number of aryl methyl sites for hydroxylation is 1. The third-order valence-corrected chi connectivity index (χ3v) is 5.15. The largest absolute Gasteiger partial charge is 0.309 e. The van der Waals surface area contributed by atoms with Gasteiger partial charge in [0, 0.05) is 14.9 Å². The molecule has 1 aliphatic rings. The summed E-state index contributed by atoms with van der Waals surface area (Å²) in [6.07, 6.45) is 3.42. The standard InChI is InChI=1S/C15H16BrFN2S/c1-2-18-12-4-3-5-13-14(12)19-15(20-13)9-6-10(16)8-11(17)7-9/h6-8,12,18H,2-5H2,1H3. The van der Waals surface area contributed by atoms with Crippen LogP contribution >= 0.6 is 27.3 Å². The molecule has 1 aromatic heterocycles. The first kappa shape index (κ1) is 14.2. The molecule has 1 atom stereocenters. The molecule has 5 heteroatoms. The summed E-state index contributed by atoms with van der Waals surface area (Å²) in [4.78, 5) is 6.12. The molecule has 0 saturated carbocycles. The molecule has 0 spiro atoms. The summed E-state index contributed by atoms with van der Waals surface area (Å²) >= 11 is 5.04. The molecule has 1 N–H and O–H groups in total. The minimum absolute atomic E-state index is 0.231. The van der Waals surface area contributed by atoms with Gasteiger partial charge >= 0.3 is 0 Å². The van der Waals surface area contributed by atoms with E-state index in [1.165, 1.54) is 23.1 Å². The first-order valence-electron chi connectivity index (χ1n) is 6.87. The molecule has 0 radical (unpaired) electrons. The van der Waals surface area contributed by atoms with Crippen LogP contribution in [0.25, 0.3) is 10.6 Å². The molecule has 106 valence electrons. The minimum Gasteiger partial charge on any atom is -0.309 e. The van der Waals surface area contributed by atoms with Crippen LogP contribution in [-0.4, -0.2) is 11.5 Å². The van der Waals surface area contributed by atoms with Crippen molar-refractivity contribution in [1.82, 2.24) is 10.3 Å². The van der Waals surface area contributed by atoms with Gasteiger partial charge in [0.1, 0.15) is 10.8 Å². The van der Waals surface area contributed by atoms with Crippen LogP contribution in [0.1, 0.15) is 36.4 Å². The first-order valence-corrected chi connectivity index (χ1v) is 8.47. The lowest BCUT2D eigenvalue weighted by atomic mass is 9.98. The lowest BCUT2D eigenvalue weighted by Gasteiger charge is -2.21. The summed E-state index contributed by atoms with van der Waals surface area (Å²) < 4.78 is 14.3. The molecule has 3 rings (SSSR count). The number of halogens is 2. The van der Waals surface area contributed by atoms with E-state index in [0.29, 0.717) is 6.04 Å². The molecule has 2 aromatic rings. The van der Waals surface area contributed by atoms with Gasteiger partial charge in [-0.05, 0) is 44.0 Å². The van der Waals surface area contributed by atoms with Gasteiger partial charge in [0.2, 0.25) is 0 Å². The monoisotopic (exact) mass is 354 g/mol. The van der Waals surface area contributed by atoms with Crippen molar-refractivity contribution in [2.75, 3.05) is 6.54 Å². The van der Waals surface area contributed by atoms with Gasteiger partial charge in [-0.3, -0.25) is 0 Å². The van der Waals surface area contributed by atoms with E-state index in [4.69, 9.17) is 4.98 Å². The summed E-state index contributed by atoms with van der Waals surface area (Å²) in [6, 6.07) is 5.30. The Balaban J connectivity index is 2.00. The number of hydrogen-bond acceptors (Lipinski definition) is 3. The van der Waals surface area contributed by atoms with Crippen molar-refractivity contribution in [2.24, 2.45) is 0 Å². The maximum absolute atomic E-state index is 13.5. The highest BCUT2D eigenvalue weighted by atomic mass is 79.9. The van der Waals surface area contributed by atoms with E-state index in [1.807, 2.05) is 6.07 Å². The van der Waals surface area contributed by atoms with Gasteiger partial charge in [-0.25, -0.2) is 9.37 Å². The maximum atomic E-state index is 13.5. The van der Waals surface area contributed by atoms with Crippen molar-refractivity contribution in [3.05, 3.63) is 39.1 Å². The van der Waals surface area contributed by atoms with Gasteiger partial charge in [-0.2, -0.15) is 0 Å². The Morgan fingerprint density at radius 1 is 1.45 bits per heavy atom. The number of hydrogen-bond donors (Lipinski definition) is 1. The fraction of sp³-hybridized carbons (Fsp3) is 0.400. The highest BCUT2D eigenvalue weighted by Crippen LogP contribution is 2.37. The zero-order chi connectivity index (χ0) is 14.1. The van der Waals surface area contributed by atoms with E-state index >= 15 is 0 Å². The van der Waals surface area contributed by atoms with Crippen molar-refractivity contribution in [3.63, 3.8) is 0 Å². The fourth-order valence-electron chi connectivity index (χ4n) is 2.66. The van der Waals surface area contributed by atoms with Crippen LogP contribution in [-0.2, 0) is 6.42 Å². The smallest absolute Gasteiger partial charge is 0.125 e. The molecule has 2 nitrogen and oxygen atoms in total. The highest BCUT2D eigenvalue weighted by Gasteiger charge is 2.24. The first-order chi connectivity index (χ1) is 9.67. The zero-order valence-electron chi connectivity index (χ0n) is 11.2. The minimum atomic E-state index is -0.231. The van der Waals surface area contributed by atoms with E-state index in [2.05, 4.69) is 28.2 Å². The van der Waals surface area contributed by atoms with Crippen molar-refractivity contribution in [1.29, 1.82) is 0 Å². The van der Waals surface area contributed by atoms with E-state index in [0.717, 1.165) is 34.4 Å². The lowest BCUT2D eigenvalue weighted by molar-refractivity contribution is 0.465. The summed E-state index contributed by atoms with van der Waals surface area (Å²) in [5, 5.41) is 4.41. The number of rotatable bonds is 3. The predicted molar refractivity (Wildman–Crippen MR) is 84.6 cm³/mol. The van der Waals surface area contributed by atoms with Crippen molar-refractivity contribution in [3.8, 4) is 10.6 Å². The quantitative estimate of drug-likeness (QED) is 0.863. The topological polar surface area (TPSA) is 24.9 Å². The molecule has 1 heterocycles. The van der Waals surface area contributed by atoms with Crippen LogP contribution in [0.5, 0.6) is 0 Å². The summed E-state index contributed by atoms with van der Waals surface area (Å²) in [6.45, 7) is 3.06. The maximum Gasteiger partial charge on any atom is 0.125 e. The second-order valence-electron chi connectivity index (χ2n) is 4.99. The van der Waals surface area contributed by atoms with Gasteiger partial charge in [-0.1, -0.05) is 22.9 Å². The van der Waals surface area contributed by atoms with Crippen molar-refractivity contribution in [2.45, 2.75) is 32.2 Å². The molecule has 0 bridgehead atoms. The van der Waals surface area contributed by atoms with Crippen LogP contribution in [0.4, 0.5) is 4.39 Å². The number of benzene rings is 1. The second-order valence-corrected chi connectivity index (χ2v) is 6.99. The van der Waals surface area contributed by atoms with Crippen LogP contribution in [0.2, 0.25) is 0 Å². The predicted octanol–water partition coefficient (Wildman–Crippen LogP) is 4.70. The van der Waals surface area contributed by atoms with Gasteiger partial charge in [0.25, 0.3) is 0 Å². The molecule has 1 unspecified atom stereocenters. The third kappa shape index (κ3) is 2.80. The Labute approximate surface area is 130 Å². The molecular formula is C15H16BrFN2S. The normalized spacial score (nSPS) is 18.1. The summed E-state index contributed by atoms with van der Waals surface area (Å²) in [5.41, 5.74) is 2.02. The SMILES string of the molecule is CCNC1CCCc2sc(-c3cc(F)cc(Br)c3)nc21. The Morgan fingerprint density at radius 2 is 2.30 bits per heavy atom. The second kappa shape index (κ2) is 5.92. The van der Waals surface area contributed by atoms with Gasteiger partial charge in [0.15, 0.2) is 0 Å². The molecule has 20 heavy (non-hydrogen) atoms. The number of aromatic nitrogens is 1. The highest BCUT2D eigenvalue weighted by molar-refractivity contribution is 9.10. The van der Waals surface area contributed by atoms with Gasteiger partial charge in [-0.15, -0.1) is 11.3 Å². The Morgan fingerprint density at radius 3 is 3.05 bits per heavy atom. The molecule has 0 aliphatic heterocycles. The van der Waals surface area contributed by atoms with E-state index in [9.17, 15) is 4.39 Å². The van der Waals surface area contributed by atoms with E-state index in [-0.39, 0.29) is 5.82 Å². The van der Waals surface area contributed by atoms with Crippen LogP contribution < -0.4 is 5.32 Å². The number of thiazole rings is 1. The third-order valence-electron chi connectivity index (χ3n) is 3.51.